The van der Waals surface area contributed by atoms with Gasteiger partial charge in [0.25, 0.3) is 11.5 Å². The number of hydrogen-bond acceptors (Lipinski definition) is 13. The van der Waals surface area contributed by atoms with Crippen LogP contribution in [-0.2, 0) is 25.7 Å². The molecule has 0 aliphatic carbocycles. The normalized spacial score (nSPS) is 10.5. The average Bonchev–Trinajstić information content (AvgIpc) is 2.96. The van der Waals surface area contributed by atoms with Gasteiger partial charge in [0.2, 0.25) is 11.7 Å². The Kier molecular flexibility index (Phi) is 10.6. The molecule has 3 aromatic rings. The van der Waals surface area contributed by atoms with Crippen LogP contribution in [-0.4, -0.2) is 68.0 Å². The molecule has 2 amide bonds. The second-order valence-corrected chi connectivity index (χ2v) is 8.35. The minimum atomic E-state index is -1.07. The van der Waals surface area contributed by atoms with Gasteiger partial charge < -0.3 is 38.9 Å². The number of primary amides is 1. The highest BCUT2D eigenvalue weighted by Gasteiger charge is 2.26. The molecule has 2 aromatic carbocycles. The Morgan fingerprint density at radius 3 is 2.19 bits per heavy atom. The Labute approximate surface area is 236 Å². The van der Waals surface area contributed by atoms with Gasteiger partial charge in [-0.25, -0.2) is 19.0 Å². The molecular weight excluding hydrogens is 562 g/mol. The van der Waals surface area contributed by atoms with Crippen molar-refractivity contribution in [3.8, 4) is 17.2 Å². The van der Waals surface area contributed by atoms with E-state index in [1.165, 1.54) is 43.5 Å². The van der Waals surface area contributed by atoms with Crippen molar-refractivity contribution in [2.24, 2.45) is 5.73 Å². The quantitative estimate of drug-likeness (QED) is 0.105. The number of para-hydroxylation sites is 2. The summed E-state index contributed by atoms with van der Waals surface area (Å²) in [7, 11) is 3.36. The van der Waals surface area contributed by atoms with Gasteiger partial charge in [0, 0.05) is 13.1 Å². The van der Waals surface area contributed by atoms with Gasteiger partial charge in [-0.05, 0) is 37.1 Å². The number of nitrogens with zero attached hydrogens (tertiary/aromatic N) is 2. The van der Waals surface area contributed by atoms with Crippen LogP contribution in [0, 0.1) is 0 Å². The summed E-state index contributed by atoms with van der Waals surface area (Å²) >= 11 is 0. The summed E-state index contributed by atoms with van der Waals surface area (Å²) in [6, 6.07) is 8.25. The van der Waals surface area contributed by atoms with Crippen LogP contribution in [0.15, 0.2) is 50.4 Å². The van der Waals surface area contributed by atoms with Crippen LogP contribution >= 0.6 is 0 Å². The maximum absolute atomic E-state index is 13.4. The van der Waals surface area contributed by atoms with E-state index in [9.17, 15) is 28.8 Å². The molecule has 0 unspecified atom stereocenters. The minimum absolute atomic E-state index is 0.0127. The molecule has 16 nitrogen and oxygen atoms in total. The molecule has 0 saturated heterocycles. The fourth-order valence-corrected chi connectivity index (χ4v) is 3.81. The fourth-order valence-electron chi connectivity index (χ4n) is 3.81. The van der Waals surface area contributed by atoms with Crippen LogP contribution in [0.3, 0.4) is 0 Å². The van der Waals surface area contributed by atoms with Crippen molar-refractivity contribution in [3.05, 3.63) is 62.9 Å². The van der Waals surface area contributed by atoms with Crippen molar-refractivity contribution in [2.75, 3.05) is 34.4 Å². The first-order valence-corrected chi connectivity index (χ1v) is 12.2. The molecule has 0 saturated carbocycles. The Balaban J connectivity index is 1.79. The first kappa shape index (κ1) is 31.2. The highest BCUT2D eigenvalue weighted by atomic mass is 17.2. The smallest absolute Gasteiger partial charge is 0.437 e. The van der Waals surface area contributed by atoms with Crippen LogP contribution in [0.5, 0.6) is 17.2 Å². The number of nitrogens with two attached hydrogens (primary N) is 1. The van der Waals surface area contributed by atoms with E-state index < -0.39 is 42.0 Å². The highest BCUT2D eigenvalue weighted by molar-refractivity contribution is 5.99. The maximum atomic E-state index is 13.4. The van der Waals surface area contributed by atoms with Crippen LogP contribution in [0.2, 0.25) is 0 Å². The van der Waals surface area contributed by atoms with Gasteiger partial charge in [-0.2, -0.15) is 4.89 Å². The van der Waals surface area contributed by atoms with E-state index in [2.05, 4.69) is 14.4 Å². The third-order valence-corrected chi connectivity index (χ3v) is 5.65. The van der Waals surface area contributed by atoms with Crippen molar-refractivity contribution in [1.29, 1.82) is 0 Å². The number of carbonyl (C=O) groups is 4. The summed E-state index contributed by atoms with van der Waals surface area (Å²) in [5.41, 5.74) is 4.32. The first-order chi connectivity index (χ1) is 20.1. The van der Waals surface area contributed by atoms with Crippen molar-refractivity contribution < 1.29 is 52.3 Å². The Hall–Kier alpha value is -5.38. The van der Waals surface area contributed by atoms with E-state index >= 15 is 0 Å². The SMILES string of the molecule is COOc1c(OC(=O)OC)cccc1C(=O)N(CCCCn1c(=O)oc2c(OC(=O)OC)cccc2c1=O)CC(N)=O. The van der Waals surface area contributed by atoms with Gasteiger partial charge >= 0.3 is 18.1 Å². The number of amides is 2. The molecule has 1 aromatic heterocycles. The zero-order valence-electron chi connectivity index (χ0n) is 22.8. The molecule has 3 rings (SSSR count). The summed E-state index contributed by atoms with van der Waals surface area (Å²) in [6.07, 6.45) is -1.72. The Morgan fingerprint density at radius 1 is 0.905 bits per heavy atom. The maximum Gasteiger partial charge on any atom is 0.513 e. The molecule has 224 valence electrons. The Morgan fingerprint density at radius 2 is 1.55 bits per heavy atom. The predicted octanol–water partition coefficient (Wildman–Crippen LogP) is 1.59. The molecule has 0 fully saturated rings. The second-order valence-electron chi connectivity index (χ2n) is 8.35. The first-order valence-electron chi connectivity index (χ1n) is 12.2. The number of ether oxygens (including phenoxy) is 4. The summed E-state index contributed by atoms with van der Waals surface area (Å²) in [5, 5.41) is -0.0127. The molecule has 0 atom stereocenters. The largest absolute Gasteiger partial charge is 0.513 e. The van der Waals surface area contributed by atoms with Crippen LogP contribution in [0.1, 0.15) is 23.2 Å². The van der Waals surface area contributed by atoms with Gasteiger partial charge in [0.15, 0.2) is 17.1 Å². The van der Waals surface area contributed by atoms with Crippen molar-refractivity contribution >= 4 is 35.1 Å². The third kappa shape index (κ3) is 7.42. The number of aromatic nitrogens is 1. The van der Waals surface area contributed by atoms with Gasteiger partial charge in [0.1, 0.15) is 0 Å². The predicted molar refractivity (Wildman–Crippen MR) is 141 cm³/mol. The Bertz CT molecular complexity index is 1590. The third-order valence-electron chi connectivity index (χ3n) is 5.65. The topological polar surface area (TPSA) is 205 Å². The average molecular weight is 590 g/mol. The number of carbonyl (C=O) groups excluding carboxylic acids is 4. The van der Waals surface area contributed by atoms with Gasteiger partial charge in [-0.15, -0.1) is 0 Å². The van der Waals surface area contributed by atoms with Crippen LogP contribution in [0.4, 0.5) is 9.59 Å². The van der Waals surface area contributed by atoms with Crippen LogP contribution < -0.4 is 31.4 Å². The molecule has 42 heavy (non-hydrogen) atoms. The molecule has 16 heteroatoms. The van der Waals surface area contributed by atoms with Crippen molar-refractivity contribution in [1.82, 2.24) is 9.47 Å². The zero-order chi connectivity index (χ0) is 30.8. The van der Waals surface area contributed by atoms with E-state index in [4.69, 9.17) is 24.5 Å². The second kappa shape index (κ2) is 14.3. The fraction of sp³-hybridized carbons (Fsp3) is 0.308. The molecule has 0 bridgehead atoms. The van der Waals surface area contributed by atoms with Gasteiger partial charge in [-0.3, -0.25) is 14.4 Å². The summed E-state index contributed by atoms with van der Waals surface area (Å²) in [4.78, 5) is 84.6. The number of hydrogen-bond donors (Lipinski definition) is 1. The highest BCUT2D eigenvalue weighted by Crippen LogP contribution is 2.33. The number of fused-ring (bicyclic) bond motifs is 1. The van der Waals surface area contributed by atoms with Crippen molar-refractivity contribution in [2.45, 2.75) is 19.4 Å². The number of benzene rings is 2. The van der Waals surface area contributed by atoms with Crippen LogP contribution in [0.25, 0.3) is 11.0 Å². The van der Waals surface area contributed by atoms with E-state index in [-0.39, 0.29) is 59.7 Å². The molecule has 0 spiro atoms. The number of methoxy groups -OCH3 is 2. The standard InChI is InChI=1S/C26H27N3O13/c1-36-25(34)39-17-10-6-8-15-20(17)41-24(33)29(23(15)32)13-5-4-12-28(14-19(27)30)22(31)16-9-7-11-18(21(16)42-38-3)40-26(35)37-2/h6-11H,4-5,12-14H2,1-3H3,(H2,27,30). The summed E-state index contributed by atoms with van der Waals surface area (Å²) < 4.78 is 24.9. The molecule has 0 radical (unpaired) electrons. The van der Waals surface area contributed by atoms with E-state index in [1.54, 1.807) is 0 Å². The zero-order valence-corrected chi connectivity index (χ0v) is 22.8. The van der Waals surface area contributed by atoms with Gasteiger partial charge in [-0.1, -0.05) is 12.1 Å². The molecule has 0 aliphatic heterocycles. The lowest BCUT2D eigenvalue weighted by Gasteiger charge is -2.22. The number of unbranched alkanes of at least 4 members (excludes halogenated alkanes) is 1. The lowest BCUT2D eigenvalue weighted by atomic mass is 10.1. The molecule has 1 heterocycles. The summed E-state index contributed by atoms with van der Waals surface area (Å²) in [6.45, 7) is -0.603. The molecule has 2 N–H and O–H groups in total. The van der Waals surface area contributed by atoms with E-state index in [0.717, 1.165) is 23.7 Å². The lowest BCUT2D eigenvalue weighted by Crippen LogP contribution is -2.39. The monoisotopic (exact) mass is 589 g/mol. The van der Waals surface area contributed by atoms with Gasteiger partial charge in [0.05, 0.1) is 38.8 Å². The molecular formula is C26H27N3O13. The lowest BCUT2D eigenvalue weighted by molar-refractivity contribution is -0.179. The van der Waals surface area contributed by atoms with Crippen molar-refractivity contribution in [3.63, 3.8) is 0 Å². The summed E-state index contributed by atoms with van der Waals surface area (Å²) in [5.74, 6) is -3.12. The molecule has 0 aliphatic rings. The van der Waals surface area contributed by atoms with E-state index in [1.807, 2.05) is 0 Å². The van der Waals surface area contributed by atoms with E-state index in [0.29, 0.717) is 0 Å². The minimum Gasteiger partial charge on any atom is -0.437 e. The number of rotatable bonds is 12.